The van der Waals surface area contributed by atoms with Gasteiger partial charge in [-0.1, -0.05) is 6.42 Å². The highest BCUT2D eigenvalue weighted by Gasteiger charge is 2.33. The Balaban J connectivity index is 1.52. The molecule has 1 aromatic carbocycles. The van der Waals surface area contributed by atoms with Gasteiger partial charge in [0, 0.05) is 38.1 Å². The second-order valence-electron chi connectivity index (χ2n) is 7.30. The average Bonchev–Trinajstić information content (AvgIpc) is 2.78. The number of aromatic nitrogens is 1. The predicted molar refractivity (Wildman–Crippen MR) is 112 cm³/mol. The normalized spacial score (nSPS) is 17.1. The molecule has 3 rings (SSSR count). The van der Waals surface area contributed by atoms with Gasteiger partial charge in [0.15, 0.2) is 0 Å². The van der Waals surface area contributed by atoms with E-state index in [0.717, 1.165) is 30.5 Å². The molecule has 0 unspecified atom stereocenters. The molecule has 2 heterocycles. The maximum atomic E-state index is 13.2. The van der Waals surface area contributed by atoms with E-state index in [-0.39, 0.29) is 24.0 Å². The minimum Gasteiger partial charge on any atom is -0.348 e. The molecule has 1 saturated heterocycles. The Morgan fingerprint density at radius 1 is 1.03 bits per heavy atom. The van der Waals surface area contributed by atoms with Crippen LogP contribution in [0.5, 0.6) is 0 Å². The van der Waals surface area contributed by atoms with Crippen LogP contribution in [0.15, 0.2) is 53.7 Å². The highest BCUT2D eigenvalue weighted by atomic mass is 32.2. The van der Waals surface area contributed by atoms with E-state index in [1.807, 2.05) is 0 Å². The van der Waals surface area contributed by atoms with Crippen LogP contribution in [0.3, 0.4) is 0 Å². The molecule has 0 aliphatic carbocycles. The van der Waals surface area contributed by atoms with Crippen molar-refractivity contribution in [2.24, 2.45) is 0 Å². The summed E-state index contributed by atoms with van der Waals surface area (Å²) in [5.41, 5.74) is 0.819. The fourth-order valence-electron chi connectivity index (χ4n) is 3.52. The molecular weight excluding hydrogens is 423 g/mol. The second kappa shape index (κ2) is 10.5. The maximum absolute atomic E-state index is 13.2. The third kappa shape index (κ3) is 6.08. The van der Waals surface area contributed by atoms with Crippen molar-refractivity contribution in [2.45, 2.75) is 43.2 Å². The van der Waals surface area contributed by atoms with Gasteiger partial charge in [-0.2, -0.15) is 4.31 Å². The highest BCUT2D eigenvalue weighted by Crippen LogP contribution is 2.27. The zero-order chi connectivity index (χ0) is 22.3. The zero-order valence-electron chi connectivity index (χ0n) is 17.0. The lowest BCUT2D eigenvalue weighted by Gasteiger charge is -2.34. The van der Waals surface area contributed by atoms with E-state index in [2.05, 4.69) is 15.6 Å². The Kier molecular flexibility index (Phi) is 7.69. The van der Waals surface area contributed by atoms with Crippen LogP contribution in [-0.4, -0.2) is 48.7 Å². The van der Waals surface area contributed by atoms with E-state index in [0.29, 0.717) is 19.4 Å². The third-order valence-corrected chi connectivity index (χ3v) is 7.13. The van der Waals surface area contributed by atoms with Crippen LogP contribution in [0.25, 0.3) is 0 Å². The van der Waals surface area contributed by atoms with Crippen LogP contribution < -0.4 is 10.6 Å². The summed E-state index contributed by atoms with van der Waals surface area (Å²) in [6, 6.07) is 7.92. The molecule has 1 fully saturated rings. The van der Waals surface area contributed by atoms with Gasteiger partial charge in [-0.15, -0.1) is 0 Å². The first kappa shape index (κ1) is 22.8. The first-order chi connectivity index (χ1) is 14.9. The van der Waals surface area contributed by atoms with Crippen molar-refractivity contribution in [2.75, 3.05) is 13.1 Å². The number of carbonyl (C=O) groups is 2. The number of nitrogens with one attached hydrogen (secondary N) is 2. The van der Waals surface area contributed by atoms with Gasteiger partial charge in [0.2, 0.25) is 10.0 Å². The molecule has 0 saturated carbocycles. The first-order valence-electron chi connectivity index (χ1n) is 10.1. The van der Waals surface area contributed by atoms with Gasteiger partial charge in [-0.05, 0) is 61.2 Å². The molecule has 0 radical (unpaired) electrons. The molecule has 10 heteroatoms. The first-order valence-corrected chi connectivity index (χ1v) is 11.5. The Bertz CT molecular complexity index is 1000. The lowest BCUT2D eigenvalue weighted by Crippen LogP contribution is -2.46. The Morgan fingerprint density at radius 3 is 2.42 bits per heavy atom. The van der Waals surface area contributed by atoms with Gasteiger partial charge in [0.1, 0.15) is 5.82 Å². The summed E-state index contributed by atoms with van der Waals surface area (Å²) < 4.78 is 40.5. The number of pyridine rings is 1. The number of nitrogens with zero attached hydrogens (tertiary/aromatic N) is 2. The summed E-state index contributed by atoms with van der Waals surface area (Å²) >= 11 is 0. The fraction of sp³-hybridized carbons (Fsp3) is 0.381. The number of halogens is 1. The van der Waals surface area contributed by atoms with Crippen LogP contribution in [0, 0.1) is 5.82 Å². The Hall–Kier alpha value is -2.85. The lowest BCUT2D eigenvalue weighted by molar-refractivity contribution is -0.139. The van der Waals surface area contributed by atoms with E-state index in [9.17, 15) is 22.4 Å². The van der Waals surface area contributed by atoms with Gasteiger partial charge in [0.05, 0.1) is 4.90 Å². The predicted octanol–water partition coefficient (Wildman–Crippen LogP) is 1.59. The molecule has 1 aromatic heterocycles. The van der Waals surface area contributed by atoms with Crippen LogP contribution >= 0.6 is 0 Å². The van der Waals surface area contributed by atoms with Crippen molar-refractivity contribution < 1.29 is 22.4 Å². The van der Waals surface area contributed by atoms with Crippen LogP contribution in [0.4, 0.5) is 4.39 Å². The van der Waals surface area contributed by atoms with E-state index in [1.54, 1.807) is 24.5 Å². The van der Waals surface area contributed by atoms with Crippen molar-refractivity contribution in [3.63, 3.8) is 0 Å². The van der Waals surface area contributed by atoms with Crippen molar-refractivity contribution in [3.05, 3.63) is 60.2 Å². The van der Waals surface area contributed by atoms with Gasteiger partial charge in [0.25, 0.3) is 0 Å². The van der Waals surface area contributed by atoms with E-state index in [4.69, 9.17) is 0 Å². The monoisotopic (exact) mass is 448 g/mol. The summed E-state index contributed by atoms with van der Waals surface area (Å²) in [5.74, 6) is -2.02. The number of piperidine rings is 1. The lowest BCUT2D eigenvalue weighted by atomic mass is 10.0. The van der Waals surface area contributed by atoms with Crippen LogP contribution in [0.2, 0.25) is 0 Å². The highest BCUT2D eigenvalue weighted by molar-refractivity contribution is 7.89. The molecule has 0 bridgehead atoms. The summed E-state index contributed by atoms with van der Waals surface area (Å²) in [6.07, 6.45) is 5.84. The average molecular weight is 449 g/mol. The van der Waals surface area contributed by atoms with Gasteiger partial charge in [-0.25, -0.2) is 12.8 Å². The van der Waals surface area contributed by atoms with Crippen LogP contribution in [-0.2, 0) is 26.2 Å². The topological polar surface area (TPSA) is 108 Å². The van der Waals surface area contributed by atoms with Crippen LogP contribution in [0.1, 0.15) is 31.2 Å². The molecule has 2 amide bonds. The molecule has 1 aliphatic rings. The largest absolute Gasteiger partial charge is 0.348 e. The number of carbonyl (C=O) groups excluding carboxylic acids is 2. The van der Waals surface area contributed by atoms with Crippen molar-refractivity contribution in [3.8, 4) is 0 Å². The van der Waals surface area contributed by atoms with E-state index < -0.39 is 27.7 Å². The number of benzene rings is 1. The molecule has 1 atom stereocenters. The van der Waals surface area contributed by atoms with Gasteiger partial charge in [-0.3, -0.25) is 14.6 Å². The molecule has 2 aromatic rings. The summed E-state index contributed by atoms with van der Waals surface area (Å²) in [7, 11) is -3.76. The van der Waals surface area contributed by atoms with Gasteiger partial charge < -0.3 is 10.6 Å². The molecule has 166 valence electrons. The number of hydrogen-bond acceptors (Lipinski definition) is 5. The quantitative estimate of drug-likeness (QED) is 0.626. The summed E-state index contributed by atoms with van der Waals surface area (Å²) in [4.78, 5) is 27.9. The number of rotatable bonds is 7. The fourth-order valence-corrected chi connectivity index (χ4v) is 5.24. The Morgan fingerprint density at radius 2 is 1.71 bits per heavy atom. The van der Waals surface area contributed by atoms with E-state index >= 15 is 0 Å². The smallest absolute Gasteiger partial charge is 0.309 e. The minimum absolute atomic E-state index is 0.0420. The number of amides is 2. The molecule has 8 nitrogen and oxygen atoms in total. The zero-order valence-corrected chi connectivity index (χ0v) is 17.8. The molecule has 31 heavy (non-hydrogen) atoms. The van der Waals surface area contributed by atoms with E-state index in [1.165, 1.54) is 16.4 Å². The van der Waals surface area contributed by atoms with Crippen molar-refractivity contribution in [1.29, 1.82) is 0 Å². The van der Waals surface area contributed by atoms with Gasteiger partial charge >= 0.3 is 11.8 Å². The second-order valence-corrected chi connectivity index (χ2v) is 9.19. The summed E-state index contributed by atoms with van der Waals surface area (Å²) in [6.45, 7) is 0.743. The van der Waals surface area contributed by atoms with Crippen molar-refractivity contribution in [1.82, 2.24) is 19.9 Å². The third-order valence-electron chi connectivity index (χ3n) is 5.17. The van der Waals surface area contributed by atoms with Crippen molar-refractivity contribution >= 4 is 21.8 Å². The standard InChI is InChI=1S/C21H25FN4O4S/c22-17-4-6-19(7-5-17)31(29,30)26-14-2-1-3-18(26)10-13-24-20(27)21(28)25-15-16-8-11-23-12-9-16/h4-9,11-12,18H,1-3,10,13-15H2,(H,24,27)(H,25,28)/t18-/m0/s1. The Labute approximate surface area is 180 Å². The molecule has 2 N–H and O–H groups in total. The SMILES string of the molecule is O=C(NCC[C@@H]1CCCCN1S(=O)(=O)c1ccc(F)cc1)C(=O)NCc1ccncc1. The number of sulfonamides is 1. The summed E-state index contributed by atoms with van der Waals surface area (Å²) in [5, 5.41) is 5.08. The molecule has 1 aliphatic heterocycles. The maximum Gasteiger partial charge on any atom is 0.309 e. The molecule has 0 spiro atoms. The number of hydrogen-bond donors (Lipinski definition) is 2. The molecular formula is C21H25FN4O4S. The minimum atomic E-state index is -3.76.